The highest BCUT2D eigenvalue weighted by Crippen LogP contribution is 2.45. The van der Waals surface area contributed by atoms with Crippen molar-refractivity contribution in [3.05, 3.63) is 231 Å². The van der Waals surface area contributed by atoms with Gasteiger partial charge in [-0.25, -0.2) is 0 Å². The lowest BCUT2D eigenvalue weighted by Gasteiger charge is -2.30. The fourth-order valence-corrected chi connectivity index (χ4v) is 7.57. The highest BCUT2D eigenvalue weighted by Gasteiger charge is 2.21. The van der Waals surface area contributed by atoms with E-state index >= 15 is 0 Å². The van der Waals surface area contributed by atoms with Crippen molar-refractivity contribution < 1.29 is 0 Å². The first kappa shape index (κ1) is 34.2. The van der Waals surface area contributed by atoms with Crippen LogP contribution in [0.5, 0.6) is 0 Å². The van der Waals surface area contributed by atoms with Crippen LogP contribution in [0.2, 0.25) is 0 Å². The van der Waals surface area contributed by atoms with E-state index in [0.717, 1.165) is 47.0 Å². The van der Waals surface area contributed by atoms with Crippen LogP contribution in [-0.2, 0) is 12.8 Å². The first-order chi connectivity index (χ1) is 26.7. The summed E-state index contributed by atoms with van der Waals surface area (Å²) in [5.41, 5.74) is 9.20. The Kier molecular flexibility index (Phi) is 9.99. The van der Waals surface area contributed by atoms with Crippen LogP contribution in [-0.4, -0.2) is 0 Å². The topological polar surface area (TPSA) is 6.48 Å². The summed E-state index contributed by atoms with van der Waals surface area (Å²) in [4.78, 5) is 4.82. The van der Waals surface area contributed by atoms with Gasteiger partial charge in [0.1, 0.15) is 0 Å². The second-order valence-corrected chi connectivity index (χ2v) is 13.4. The second kappa shape index (κ2) is 15.8. The molecule has 0 unspecified atom stereocenters. The fraction of sp³-hybridized carbons (Fsp3) is 0.0385. The molecular formula is C52H42N2. The Bertz CT molecular complexity index is 2450. The Morgan fingerprint density at radius 2 is 0.759 bits per heavy atom. The number of nitrogens with zero attached hydrogens (tertiary/aromatic N) is 2. The molecule has 0 bridgehead atoms. The number of allylic oxidation sites excluding steroid dienone is 6. The molecule has 0 aliphatic rings. The minimum absolute atomic E-state index is 0.750. The van der Waals surface area contributed by atoms with Gasteiger partial charge in [0.25, 0.3) is 0 Å². The van der Waals surface area contributed by atoms with Gasteiger partial charge in [0.05, 0.1) is 11.4 Å². The number of hydrogen-bond donors (Lipinski definition) is 0. The molecule has 0 atom stereocenters. The van der Waals surface area contributed by atoms with Gasteiger partial charge in [-0.2, -0.15) is 0 Å². The average molecular weight is 695 g/mol. The van der Waals surface area contributed by atoms with Gasteiger partial charge >= 0.3 is 0 Å². The Hall–Kier alpha value is -6.90. The maximum Gasteiger partial charge on any atom is 0.0540 e. The van der Waals surface area contributed by atoms with E-state index in [4.69, 9.17) is 0 Å². The molecule has 0 aromatic heterocycles. The van der Waals surface area contributed by atoms with Crippen LogP contribution in [0, 0.1) is 0 Å². The van der Waals surface area contributed by atoms with E-state index in [1.165, 1.54) is 43.4 Å². The zero-order valence-electron chi connectivity index (χ0n) is 30.4. The average Bonchev–Trinajstić information content (AvgIpc) is 3.22. The fourth-order valence-electron chi connectivity index (χ4n) is 7.57. The van der Waals surface area contributed by atoms with E-state index in [1.54, 1.807) is 0 Å². The Morgan fingerprint density at radius 1 is 0.370 bits per heavy atom. The van der Waals surface area contributed by atoms with Crippen LogP contribution in [0.3, 0.4) is 0 Å². The van der Waals surface area contributed by atoms with Gasteiger partial charge in [-0.1, -0.05) is 159 Å². The molecule has 54 heavy (non-hydrogen) atoms. The van der Waals surface area contributed by atoms with Gasteiger partial charge in [-0.15, -0.1) is 0 Å². The Labute approximate surface area is 318 Å². The first-order valence-electron chi connectivity index (χ1n) is 18.5. The van der Waals surface area contributed by atoms with Gasteiger partial charge in [-0.05, 0) is 106 Å². The van der Waals surface area contributed by atoms with E-state index in [2.05, 4.69) is 205 Å². The summed E-state index contributed by atoms with van der Waals surface area (Å²) in [6, 6.07) is 61.4. The molecular weight excluding hydrogens is 653 g/mol. The summed E-state index contributed by atoms with van der Waals surface area (Å²) in [6.07, 6.45) is 13.7. The number of benzene rings is 8. The zero-order valence-corrected chi connectivity index (χ0v) is 30.4. The summed E-state index contributed by atoms with van der Waals surface area (Å²) in [5.74, 6) is 0. The van der Waals surface area contributed by atoms with Crippen LogP contribution in [0.15, 0.2) is 219 Å². The van der Waals surface area contributed by atoms with E-state index in [-0.39, 0.29) is 0 Å². The summed E-state index contributed by atoms with van der Waals surface area (Å²) < 4.78 is 0. The molecule has 8 rings (SSSR count). The van der Waals surface area contributed by atoms with Crippen molar-refractivity contribution in [2.24, 2.45) is 0 Å². The maximum absolute atomic E-state index is 3.98. The monoisotopic (exact) mass is 694 g/mol. The molecule has 0 saturated heterocycles. The predicted molar refractivity (Wildman–Crippen MR) is 234 cm³/mol. The highest BCUT2D eigenvalue weighted by atomic mass is 15.1. The van der Waals surface area contributed by atoms with Crippen molar-refractivity contribution in [1.29, 1.82) is 0 Å². The number of fused-ring (bicyclic) bond motifs is 3. The van der Waals surface area contributed by atoms with Gasteiger partial charge in [0, 0.05) is 33.5 Å². The van der Waals surface area contributed by atoms with Crippen LogP contribution in [0.4, 0.5) is 34.1 Å². The SMILES string of the molecule is C=C/C=C/Cc1cc(N(c2ccccc2)c2cccc3ccccc23)cc2c(C/C=C/C=C)cc(N(c3ccccc3)c3cccc4ccccc34)cc12. The molecule has 2 nitrogen and oxygen atoms in total. The van der Waals surface area contributed by atoms with Crippen molar-refractivity contribution >= 4 is 66.4 Å². The van der Waals surface area contributed by atoms with Gasteiger partial charge in [0.2, 0.25) is 0 Å². The number of para-hydroxylation sites is 2. The number of hydrogen-bond acceptors (Lipinski definition) is 2. The molecule has 0 radical (unpaired) electrons. The third-order valence-electron chi connectivity index (χ3n) is 9.99. The lowest BCUT2D eigenvalue weighted by molar-refractivity contribution is 1.23. The standard InChI is InChI=1S/C52H42N2/c1-3-5-9-23-41-35-45(53(43-27-11-7-12-28-43)51-33-19-25-39-21-15-17-31-47(39)51)38-50-42(24-10-6-4-2)36-46(37-49(41)50)54(44-29-13-8-14-30-44)52-34-20-26-40-22-16-18-32-48(40)52/h3-22,25-38H,1-2,23-24H2/b9-5+,10-6+. The molecule has 2 heteroatoms. The van der Waals surface area contributed by atoms with Crippen LogP contribution < -0.4 is 9.80 Å². The highest BCUT2D eigenvalue weighted by molar-refractivity contribution is 6.04. The lowest BCUT2D eigenvalue weighted by Crippen LogP contribution is -2.12. The summed E-state index contributed by atoms with van der Waals surface area (Å²) in [5, 5.41) is 7.27. The molecule has 0 aliphatic heterocycles. The smallest absolute Gasteiger partial charge is 0.0540 e. The normalized spacial score (nSPS) is 11.5. The van der Waals surface area contributed by atoms with Crippen molar-refractivity contribution in [2.45, 2.75) is 12.8 Å². The van der Waals surface area contributed by atoms with Crippen molar-refractivity contribution in [3.63, 3.8) is 0 Å². The Balaban J connectivity index is 1.42. The quantitative estimate of drug-likeness (QED) is 0.117. The predicted octanol–water partition coefficient (Wildman–Crippen LogP) is 14.7. The van der Waals surface area contributed by atoms with Crippen LogP contribution >= 0.6 is 0 Å². The van der Waals surface area contributed by atoms with Gasteiger partial charge in [0.15, 0.2) is 0 Å². The van der Waals surface area contributed by atoms with Crippen LogP contribution in [0.25, 0.3) is 32.3 Å². The third kappa shape index (κ3) is 6.86. The molecule has 0 aliphatic carbocycles. The van der Waals surface area contributed by atoms with E-state index in [9.17, 15) is 0 Å². The van der Waals surface area contributed by atoms with Crippen molar-refractivity contribution in [3.8, 4) is 0 Å². The molecule has 0 heterocycles. The Morgan fingerprint density at radius 3 is 1.19 bits per heavy atom. The van der Waals surface area contributed by atoms with E-state index < -0.39 is 0 Å². The second-order valence-electron chi connectivity index (χ2n) is 13.4. The molecule has 0 N–H and O–H groups in total. The molecule has 0 spiro atoms. The van der Waals surface area contributed by atoms with Crippen LogP contribution in [0.1, 0.15) is 11.1 Å². The summed E-state index contributed by atoms with van der Waals surface area (Å²) >= 11 is 0. The van der Waals surface area contributed by atoms with Crippen molar-refractivity contribution in [1.82, 2.24) is 0 Å². The largest absolute Gasteiger partial charge is 0.310 e. The van der Waals surface area contributed by atoms with Gasteiger partial charge < -0.3 is 9.80 Å². The van der Waals surface area contributed by atoms with Crippen molar-refractivity contribution in [2.75, 3.05) is 9.80 Å². The lowest BCUT2D eigenvalue weighted by atomic mass is 9.93. The van der Waals surface area contributed by atoms with Gasteiger partial charge in [-0.3, -0.25) is 0 Å². The number of rotatable bonds is 12. The maximum atomic E-state index is 3.98. The minimum Gasteiger partial charge on any atom is -0.310 e. The minimum atomic E-state index is 0.750. The summed E-state index contributed by atoms with van der Waals surface area (Å²) in [6.45, 7) is 7.95. The number of anilines is 6. The molecule has 8 aromatic rings. The van der Waals surface area contributed by atoms with E-state index in [0.29, 0.717) is 0 Å². The molecule has 8 aromatic carbocycles. The summed E-state index contributed by atoms with van der Waals surface area (Å²) in [7, 11) is 0. The first-order valence-corrected chi connectivity index (χ1v) is 18.5. The van der Waals surface area contributed by atoms with E-state index in [1.807, 2.05) is 24.3 Å². The molecule has 0 saturated carbocycles. The molecule has 260 valence electrons. The third-order valence-corrected chi connectivity index (χ3v) is 9.99. The zero-order chi connectivity index (χ0) is 36.7. The molecule has 0 amide bonds. The molecule has 0 fully saturated rings.